The van der Waals surface area contributed by atoms with E-state index < -0.39 is 0 Å². The minimum absolute atomic E-state index is 0.0534. The number of aromatic amines is 1. The fraction of sp³-hybridized carbons (Fsp3) is 0.409. The number of carbonyl (C=O) groups is 1. The van der Waals surface area contributed by atoms with Crippen molar-refractivity contribution in [3.63, 3.8) is 0 Å². The lowest BCUT2D eigenvalue weighted by Crippen LogP contribution is -2.38. The molecule has 1 amide bonds. The molecule has 0 atom stereocenters. The maximum absolute atomic E-state index is 12.0. The molecule has 0 spiro atoms. The van der Waals surface area contributed by atoms with Crippen LogP contribution in [0.3, 0.4) is 0 Å². The summed E-state index contributed by atoms with van der Waals surface area (Å²) >= 11 is 0. The minimum Gasteiger partial charge on any atom is -0.340 e. The third-order valence-corrected chi connectivity index (χ3v) is 6.27. The zero-order chi connectivity index (χ0) is 18.6. The van der Waals surface area contributed by atoms with Crippen molar-refractivity contribution < 1.29 is 4.79 Å². The topological polar surface area (TPSA) is 61.9 Å². The van der Waals surface area contributed by atoms with Gasteiger partial charge in [-0.2, -0.15) is 0 Å². The number of hydrogen-bond acceptors (Lipinski definition) is 3. The molecule has 5 rings (SSSR count). The van der Waals surface area contributed by atoms with Gasteiger partial charge in [0.1, 0.15) is 5.82 Å². The van der Waals surface area contributed by atoms with Crippen LogP contribution in [0.1, 0.15) is 55.1 Å². The Balaban J connectivity index is 1.60. The number of carbonyl (C=O) groups excluding carboxylic acids is 1. The molecule has 2 aliphatic rings. The largest absolute Gasteiger partial charge is 0.340 e. The molecule has 0 saturated heterocycles. The van der Waals surface area contributed by atoms with Gasteiger partial charge in [-0.1, -0.05) is 18.6 Å². The maximum Gasteiger partial charge on any atom is 0.223 e. The van der Waals surface area contributed by atoms with Gasteiger partial charge in [0.25, 0.3) is 0 Å². The van der Waals surface area contributed by atoms with Crippen molar-refractivity contribution in [3.05, 3.63) is 53.0 Å². The van der Waals surface area contributed by atoms with Gasteiger partial charge in [0.2, 0.25) is 5.91 Å². The number of amides is 1. The van der Waals surface area contributed by atoms with Crippen LogP contribution in [0.5, 0.6) is 0 Å². The van der Waals surface area contributed by atoms with E-state index >= 15 is 0 Å². The monoisotopic (exact) mass is 360 g/mol. The number of benzene rings is 1. The van der Waals surface area contributed by atoms with Gasteiger partial charge in [-0.3, -0.25) is 4.79 Å². The Morgan fingerprint density at radius 3 is 2.81 bits per heavy atom. The SMILES string of the molecule is CC(=O)N1CCCc2cc(C3(c4nc5ncc(C)cc5[nH]4)CCC3)ccc21. The lowest BCUT2D eigenvalue weighted by molar-refractivity contribution is -0.116. The van der Waals surface area contributed by atoms with E-state index in [0.717, 1.165) is 60.5 Å². The lowest BCUT2D eigenvalue weighted by atomic mass is 9.63. The second-order valence-electron chi connectivity index (χ2n) is 8.02. The van der Waals surface area contributed by atoms with Crippen LogP contribution < -0.4 is 4.90 Å². The van der Waals surface area contributed by atoms with E-state index in [-0.39, 0.29) is 11.3 Å². The number of fused-ring (bicyclic) bond motifs is 2. The molecule has 3 heterocycles. The number of nitrogens with one attached hydrogen (secondary N) is 1. The number of aromatic nitrogens is 3. The molecule has 0 radical (unpaired) electrons. The maximum atomic E-state index is 12.0. The Morgan fingerprint density at radius 2 is 2.07 bits per heavy atom. The van der Waals surface area contributed by atoms with E-state index in [1.165, 1.54) is 17.5 Å². The summed E-state index contributed by atoms with van der Waals surface area (Å²) in [5, 5.41) is 0. The number of imidazole rings is 1. The number of pyridine rings is 1. The number of hydrogen-bond donors (Lipinski definition) is 1. The van der Waals surface area contributed by atoms with Gasteiger partial charge in [-0.15, -0.1) is 0 Å². The standard InChI is InChI=1S/C22H24N4O/c1-14-11-18-20(23-13-14)25-21(24-18)22(8-4-9-22)17-6-7-19-16(12-17)5-3-10-26(19)15(2)27/h6-7,11-13H,3-5,8-10H2,1-2H3,(H,23,24,25). The third kappa shape index (κ3) is 2.48. The van der Waals surface area contributed by atoms with Crippen LogP contribution in [0.25, 0.3) is 11.2 Å². The van der Waals surface area contributed by atoms with Crippen molar-refractivity contribution in [1.82, 2.24) is 15.0 Å². The van der Waals surface area contributed by atoms with Crippen molar-refractivity contribution in [1.29, 1.82) is 0 Å². The second-order valence-corrected chi connectivity index (χ2v) is 8.02. The molecular weight excluding hydrogens is 336 g/mol. The second kappa shape index (κ2) is 5.91. The Kier molecular flexibility index (Phi) is 3.61. The number of aryl methyl sites for hydroxylation is 2. The van der Waals surface area contributed by atoms with Crippen LogP contribution in [-0.4, -0.2) is 27.4 Å². The Labute approximate surface area is 158 Å². The number of nitrogens with zero attached hydrogens (tertiary/aromatic N) is 3. The molecule has 27 heavy (non-hydrogen) atoms. The summed E-state index contributed by atoms with van der Waals surface area (Å²) in [5.41, 5.74) is 6.56. The van der Waals surface area contributed by atoms with Gasteiger partial charge in [-0.05, 0) is 61.4 Å². The highest BCUT2D eigenvalue weighted by Gasteiger charge is 2.43. The summed E-state index contributed by atoms with van der Waals surface area (Å²) in [5.74, 6) is 1.15. The molecule has 3 aromatic rings. The summed E-state index contributed by atoms with van der Waals surface area (Å²) < 4.78 is 0. The number of rotatable bonds is 2. The molecule has 0 bridgehead atoms. The zero-order valence-corrected chi connectivity index (χ0v) is 15.9. The first-order chi connectivity index (χ1) is 13.1. The molecular formula is C22H24N4O. The highest BCUT2D eigenvalue weighted by molar-refractivity contribution is 5.92. The van der Waals surface area contributed by atoms with Crippen LogP contribution >= 0.6 is 0 Å². The first-order valence-corrected chi connectivity index (χ1v) is 9.81. The Hall–Kier alpha value is -2.69. The lowest BCUT2D eigenvalue weighted by Gasteiger charge is -2.41. The van der Waals surface area contributed by atoms with Gasteiger partial charge in [0.15, 0.2) is 5.65 Å². The van der Waals surface area contributed by atoms with E-state index in [4.69, 9.17) is 4.98 Å². The van der Waals surface area contributed by atoms with Crippen molar-refractivity contribution in [3.8, 4) is 0 Å². The molecule has 1 aromatic carbocycles. The Morgan fingerprint density at radius 1 is 1.22 bits per heavy atom. The van der Waals surface area contributed by atoms with Crippen LogP contribution in [-0.2, 0) is 16.6 Å². The first-order valence-electron chi connectivity index (χ1n) is 9.81. The molecule has 1 fully saturated rings. The smallest absolute Gasteiger partial charge is 0.223 e. The van der Waals surface area contributed by atoms with Gasteiger partial charge in [-0.25, -0.2) is 9.97 Å². The molecule has 1 aliphatic heterocycles. The molecule has 1 saturated carbocycles. The highest BCUT2D eigenvalue weighted by atomic mass is 16.2. The first kappa shape index (κ1) is 16.5. The van der Waals surface area contributed by atoms with E-state index in [9.17, 15) is 4.79 Å². The molecule has 0 unspecified atom stereocenters. The zero-order valence-electron chi connectivity index (χ0n) is 15.9. The van der Waals surface area contributed by atoms with Crippen molar-refractivity contribution >= 4 is 22.8 Å². The third-order valence-electron chi connectivity index (χ3n) is 6.27. The van der Waals surface area contributed by atoms with Crippen LogP contribution in [0.15, 0.2) is 30.5 Å². The Bertz CT molecular complexity index is 1050. The van der Waals surface area contributed by atoms with E-state index in [2.05, 4.69) is 41.2 Å². The summed E-state index contributed by atoms with van der Waals surface area (Å²) in [4.78, 5) is 26.7. The molecule has 5 nitrogen and oxygen atoms in total. The summed E-state index contributed by atoms with van der Waals surface area (Å²) in [7, 11) is 0. The average Bonchev–Trinajstić information content (AvgIpc) is 3.03. The summed E-state index contributed by atoms with van der Waals surface area (Å²) in [6, 6.07) is 8.76. The summed E-state index contributed by atoms with van der Waals surface area (Å²) in [6.07, 6.45) is 7.33. The minimum atomic E-state index is -0.0534. The predicted octanol–water partition coefficient (Wildman–Crippen LogP) is 4.04. The fourth-order valence-electron chi connectivity index (χ4n) is 4.65. The highest BCUT2D eigenvalue weighted by Crippen LogP contribution is 2.49. The normalized spacial score (nSPS) is 18.2. The van der Waals surface area contributed by atoms with Gasteiger partial charge in [0, 0.05) is 25.4 Å². The van der Waals surface area contributed by atoms with E-state index in [1.807, 2.05) is 11.1 Å². The molecule has 1 N–H and O–H groups in total. The van der Waals surface area contributed by atoms with Crippen molar-refractivity contribution in [2.24, 2.45) is 0 Å². The fourth-order valence-corrected chi connectivity index (χ4v) is 4.65. The van der Waals surface area contributed by atoms with Crippen LogP contribution in [0.4, 0.5) is 5.69 Å². The molecule has 138 valence electrons. The van der Waals surface area contributed by atoms with Crippen molar-refractivity contribution in [2.75, 3.05) is 11.4 Å². The molecule has 1 aliphatic carbocycles. The average molecular weight is 360 g/mol. The van der Waals surface area contributed by atoms with Crippen LogP contribution in [0, 0.1) is 6.92 Å². The summed E-state index contributed by atoms with van der Waals surface area (Å²) in [6.45, 7) is 4.53. The number of H-pyrrole nitrogens is 1. The molecule has 2 aromatic heterocycles. The quantitative estimate of drug-likeness (QED) is 0.750. The number of anilines is 1. The van der Waals surface area contributed by atoms with Gasteiger partial charge < -0.3 is 9.88 Å². The van der Waals surface area contributed by atoms with E-state index in [0.29, 0.717) is 0 Å². The van der Waals surface area contributed by atoms with Crippen LogP contribution in [0.2, 0.25) is 0 Å². The molecule has 5 heteroatoms. The predicted molar refractivity (Wildman–Crippen MR) is 106 cm³/mol. The van der Waals surface area contributed by atoms with Gasteiger partial charge in [0.05, 0.1) is 10.9 Å². The van der Waals surface area contributed by atoms with Crippen molar-refractivity contribution in [2.45, 2.75) is 51.4 Å². The van der Waals surface area contributed by atoms with Gasteiger partial charge >= 0.3 is 0 Å². The van der Waals surface area contributed by atoms with E-state index in [1.54, 1.807) is 6.92 Å².